The second-order valence-electron chi connectivity index (χ2n) is 6.94. The fourth-order valence-electron chi connectivity index (χ4n) is 3.71. The average molecular weight is 315 g/mol. The number of nitrogens with zero attached hydrogens (tertiary/aromatic N) is 2. The summed E-state index contributed by atoms with van der Waals surface area (Å²) in [5, 5.41) is 3.20. The van der Waals surface area contributed by atoms with Gasteiger partial charge >= 0.3 is 0 Å². The van der Waals surface area contributed by atoms with Gasteiger partial charge in [0.05, 0.1) is 0 Å². The molecule has 126 valence electrons. The molecule has 1 aromatic heterocycles. The van der Waals surface area contributed by atoms with Crippen molar-refractivity contribution >= 4 is 11.7 Å². The largest absolute Gasteiger partial charge is 0.357 e. The molecule has 1 N–H and O–H groups in total. The van der Waals surface area contributed by atoms with E-state index in [1.54, 1.807) is 0 Å². The average Bonchev–Trinajstić information content (AvgIpc) is 3.00. The van der Waals surface area contributed by atoms with Crippen LogP contribution in [-0.2, 0) is 0 Å². The van der Waals surface area contributed by atoms with Gasteiger partial charge in [-0.05, 0) is 37.8 Å². The molecule has 1 aliphatic heterocycles. The maximum atomic E-state index is 12.5. The molecular weight excluding hydrogens is 286 g/mol. The molecule has 0 spiro atoms. The third-order valence-corrected chi connectivity index (χ3v) is 5.09. The van der Waals surface area contributed by atoms with E-state index in [2.05, 4.69) is 15.2 Å². The lowest BCUT2D eigenvalue weighted by Crippen LogP contribution is -2.35. The van der Waals surface area contributed by atoms with E-state index in [0.717, 1.165) is 31.7 Å². The van der Waals surface area contributed by atoms with E-state index in [1.165, 1.54) is 51.4 Å². The highest BCUT2D eigenvalue weighted by Crippen LogP contribution is 2.19. The second kappa shape index (κ2) is 8.32. The maximum Gasteiger partial charge on any atom is 0.270 e. The number of hydrogen-bond donors (Lipinski definition) is 1. The molecule has 0 atom stereocenters. The molecule has 2 heterocycles. The quantitative estimate of drug-likeness (QED) is 0.860. The van der Waals surface area contributed by atoms with Crippen molar-refractivity contribution in [3.05, 3.63) is 23.9 Å². The zero-order valence-corrected chi connectivity index (χ0v) is 14.1. The Morgan fingerprint density at radius 3 is 2.30 bits per heavy atom. The fraction of sp³-hybridized carbons (Fsp3) is 0.684. The Morgan fingerprint density at radius 1 is 0.957 bits per heavy atom. The van der Waals surface area contributed by atoms with E-state index in [-0.39, 0.29) is 5.91 Å². The van der Waals surface area contributed by atoms with E-state index >= 15 is 0 Å². The van der Waals surface area contributed by atoms with Gasteiger partial charge in [0.2, 0.25) is 0 Å². The lowest BCUT2D eigenvalue weighted by Gasteiger charge is -2.22. The first-order valence-electron chi connectivity index (χ1n) is 9.36. The number of aromatic nitrogens is 1. The van der Waals surface area contributed by atoms with Crippen molar-refractivity contribution in [3.63, 3.8) is 0 Å². The number of rotatable bonds is 3. The number of amides is 1. The summed E-state index contributed by atoms with van der Waals surface area (Å²) in [4.78, 5) is 19.5. The monoisotopic (exact) mass is 315 g/mol. The van der Waals surface area contributed by atoms with Gasteiger partial charge in [-0.2, -0.15) is 0 Å². The Morgan fingerprint density at radius 2 is 1.61 bits per heavy atom. The molecular formula is C19H29N3O. The Balaban J connectivity index is 1.64. The van der Waals surface area contributed by atoms with Crippen LogP contribution in [-0.4, -0.2) is 30.0 Å². The van der Waals surface area contributed by atoms with Gasteiger partial charge in [-0.3, -0.25) is 4.79 Å². The second-order valence-corrected chi connectivity index (χ2v) is 6.94. The van der Waals surface area contributed by atoms with Gasteiger partial charge in [0.25, 0.3) is 5.91 Å². The van der Waals surface area contributed by atoms with Crippen LogP contribution in [0, 0.1) is 0 Å². The van der Waals surface area contributed by atoms with Crippen LogP contribution in [0.5, 0.6) is 0 Å². The molecule has 23 heavy (non-hydrogen) atoms. The van der Waals surface area contributed by atoms with Crippen molar-refractivity contribution in [1.82, 2.24) is 10.3 Å². The predicted octanol–water partition coefficient (Wildman–Crippen LogP) is 3.91. The topological polar surface area (TPSA) is 45.2 Å². The molecule has 3 rings (SSSR count). The summed E-state index contributed by atoms with van der Waals surface area (Å²) < 4.78 is 0. The minimum Gasteiger partial charge on any atom is -0.357 e. The van der Waals surface area contributed by atoms with E-state index in [1.807, 2.05) is 18.2 Å². The molecule has 0 unspecified atom stereocenters. The van der Waals surface area contributed by atoms with Crippen molar-refractivity contribution in [2.45, 2.75) is 70.3 Å². The maximum absolute atomic E-state index is 12.5. The number of pyridine rings is 1. The third-order valence-electron chi connectivity index (χ3n) is 5.09. The third kappa shape index (κ3) is 4.69. The number of carbonyl (C=O) groups is 1. The molecule has 2 fully saturated rings. The summed E-state index contributed by atoms with van der Waals surface area (Å²) in [5.74, 6) is 0.953. The van der Waals surface area contributed by atoms with Crippen molar-refractivity contribution in [2.75, 3.05) is 18.0 Å². The highest BCUT2D eigenvalue weighted by atomic mass is 16.1. The van der Waals surface area contributed by atoms with Gasteiger partial charge in [-0.25, -0.2) is 4.98 Å². The first-order chi connectivity index (χ1) is 11.3. The molecule has 1 saturated carbocycles. The SMILES string of the molecule is O=C(NC1CCCCCC1)c1cccc(N2CCCCCC2)n1. The summed E-state index contributed by atoms with van der Waals surface area (Å²) in [7, 11) is 0. The lowest BCUT2D eigenvalue weighted by molar-refractivity contribution is 0.0928. The Labute approximate surface area is 139 Å². The van der Waals surface area contributed by atoms with Crippen LogP contribution in [0.4, 0.5) is 5.82 Å². The normalized spacial score (nSPS) is 20.6. The molecule has 1 aliphatic carbocycles. The molecule has 1 aromatic rings. The molecule has 0 bridgehead atoms. The van der Waals surface area contributed by atoms with Gasteiger partial charge in [-0.1, -0.05) is 44.6 Å². The zero-order chi connectivity index (χ0) is 15.9. The van der Waals surface area contributed by atoms with E-state index < -0.39 is 0 Å². The smallest absolute Gasteiger partial charge is 0.270 e. The zero-order valence-electron chi connectivity index (χ0n) is 14.1. The Hall–Kier alpha value is -1.58. The molecule has 0 aromatic carbocycles. The molecule has 4 nitrogen and oxygen atoms in total. The summed E-state index contributed by atoms with van der Waals surface area (Å²) in [6.07, 6.45) is 12.3. The van der Waals surface area contributed by atoms with Crippen molar-refractivity contribution < 1.29 is 4.79 Å². The first kappa shape index (κ1) is 16.3. The number of carbonyl (C=O) groups excluding carboxylic acids is 1. The van der Waals surface area contributed by atoms with Crippen molar-refractivity contribution in [3.8, 4) is 0 Å². The van der Waals surface area contributed by atoms with Gasteiger partial charge < -0.3 is 10.2 Å². The summed E-state index contributed by atoms with van der Waals surface area (Å²) in [5.41, 5.74) is 0.566. The van der Waals surface area contributed by atoms with Crippen LogP contribution in [0.15, 0.2) is 18.2 Å². The van der Waals surface area contributed by atoms with Crippen LogP contribution in [0.1, 0.15) is 74.7 Å². The van der Waals surface area contributed by atoms with Crippen LogP contribution in [0.3, 0.4) is 0 Å². The summed E-state index contributed by atoms with van der Waals surface area (Å²) in [6.45, 7) is 2.11. The molecule has 4 heteroatoms. The van der Waals surface area contributed by atoms with Gasteiger partial charge in [-0.15, -0.1) is 0 Å². The van der Waals surface area contributed by atoms with Gasteiger partial charge in [0, 0.05) is 19.1 Å². The van der Waals surface area contributed by atoms with Crippen LogP contribution < -0.4 is 10.2 Å². The van der Waals surface area contributed by atoms with Crippen molar-refractivity contribution in [1.29, 1.82) is 0 Å². The van der Waals surface area contributed by atoms with Gasteiger partial charge in [0.1, 0.15) is 11.5 Å². The number of hydrogen-bond acceptors (Lipinski definition) is 3. The van der Waals surface area contributed by atoms with Crippen LogP contribution >= 0.6 is 0 Å². The van der Waals surface area contributed by atoms with E-state index in [9.17, 15) is 4.79 Å². The summed E-state index contributed by atoms with van der Waals surface area (Å²) in [6, 6.07) is 6.17. The first-order valence-corrected chi connectivity index (χ1v) is 9.36. The Kier molecular flexibility index (Phi) is 5.89. The Bertz CT molecular complexity index is 501. The minimum absolute atomic E-state index is 0.00595. The standard InChI is InChI=1S/C19H29N3O/c23-19(20-16-10-5-1-2-6-11-16)17-12-9-13-18(21-17)22-14-7-3-4-8-15-22/h9,12-13,16H,1-8,10-11,14-15H2,(H,20,23). The summed E-state index contributed by atoms with van der Waals surface area (Å²) >= 11 is 0. The molecule has 1 saturated heterocycles. The van der Waals surface area contributed by atoms with Crippen LogP contribution in [0.2, 0.25) is 0 Å². The van der Waals surface area contributed by atoms with Crippen molar-refractivity contribution in [2.24, 2.45) is 0 Å². The predicted molar refractivity (Wildman–Crippen MR) is 93.9 cm³/mol. The molecule has 1 amide bonds. The molecule has 0 radical (unpaired) electrons. The number of nitrogens with one attached hydrogen (secondary N) is 1. The van der Waals surface area contributed by atoms with E-state index in [0.29, 0.717) is 11.7 Å². The van der Waals surface area contributed by atoms with Gasteiger partial charge in [0.15, 0.2) is 0 Å². The highest BCUT2D eigenvalue weighted by molar-refractivity contribution is 5.92. The van der Waals surface area contributed by atoms with E-state index in [4.69, 9.17) is 0 Å². The fourth-order valence-corrected chi connectivity index (χ4v) is 3.71. The highest BCUT2D eigenvalue weighted by Gasteiger charge is 2.18. The molecule has 2 aliphatic rings. The van der Waals surface area contributed by atoms with Crippen LogP contribution in [0.25, 0.3) is 0 Å². The number of anilines is 1. The minimum atomic E-state index is -0.00595. The lowest BCUT2D eigenvalue weighted by atomic mass is 10.1.